The molecule has 1 aromatic carbocycles. The Morgan fingerprint density at radius 1 is 1.21 bits per heavy atom. The second kappa shape index (κ2) is 7.99. The quantitative estimate of drug-likeness (QED) is 0.833. The molecule has 0 spiro atoms. The fraction of sp³-hybridized carbons (Fsp3) is 0.529. The Kier molecular flexibility index (Phi) is 5.94. The van der Waals surface area contributed by atoms with E-state index in [0.717, 1.165) is 25.1 Å². The maximum absolute atomic E-state index is 3.31. The van der Waals surface area contributed by atoms with Gasteiger partial charge in [0.15, 0.2) is 0 Å². The normalized spacial score (nSPS) is 15.8. The second-order valence-electron chi connectivity index (χ2n) is 5.18. The largest absolute Gasteiger partial charge is 0.316 e. The third-order valence-corrected chi connectivity index (χ3v) is 3.54. The highest BCUT2D eigenvalue weighted by Crippen LogP contribution is 2.08. The zero-order chi connectivity index (χ0) is 13.3. The molecule has 2 rings (SSSR count). The van der Waals surface area contributed by atoms with E-state index in [9.17, 15) is 0 Å². The molecule has 1 heterocycles. The summed E-state index contributed by atoms with van der Waals surface area (Å²) in [6.07, 6.45) is 5.11. The molecule has 0 aromatic heterocycles. The van der Waals surface area contributed by atoms with Gasteiger partial charge >= 0.3 is 0 Å². The number of likely N-dealkylation sites (tertiary alicyclic amines) is 1. The van der Waals surface area contributed by atoms with Gasteiger partial charge in [0.05, 0.1) is 0 Å². The Bertz CT molecular complexity index is 436. The molecule has 1 fully saturated rings. The van der Waals surface area contributed by atoms with Crippen molar-refractivity contribution in [1.29, 1.82) is 0 Å². The molecule has 1 aliphatic heterocycles. The SMILES string of the molecule is CNCc1cccc(C#CCCN2CCCCC2)c1. The maximum Gasteiger partial charge on any atom is 0.0248 e. The molecular formula is C17H24N2. The third-order valence-electron chi connectivity index (χ3n) is 3.54. The summed E-state index contributed by atoms with van der Waals surface area (Å²) < 4.78 is 0. The van der Waals surface area contributed by atoms with Crippen molar-refractivity contribution in [3.05, 3.63) is 35.4 Å². The van der Waals surface area contributed by atoms with E-state index >= 15 is 0 Å². The first-order chi connectivity index (χ1) is 9.38. The fourth-order valence-corrected chi connectivity index (χ4v) is 2.52. The molecule has 1 saturated heterocycles. The van der Waals surface area contributed by atoms with Crippen LogP contribution in [0, 0.1) is 11.8 Å². The molecule has 0 bridgehead atoms. The van der Waals surface area contributed by atoms with Gasteiger partial charge in [-0.05, 0) is 50.7 Å². The number of nitrogens with one attached hydrogen (secondary N) is 1. The molecule has 1 N–H and O–H groups in total. The number of piperidine rings is 1. The second-order valence-corrected chi connectivity index (χ2v) is 5.18. The summed E-state index contributed by atoms with van der Waals surface area (Å²) in [6, 6.07) is 8.48. The molecule has 1 aliphatic rings. The van der Waals surface area contributed by atoms with Crippen LogP contribution in [0.15, 0.2) is 24.3 Å². The van der Waals surface area contributed by atoms with Crippen LogP contribution >= 0.6 is 0 Å². The van der Waals surface area contributed by atoms with E-state index in [2.05, 4.69) is 46.3 Å². The van der Waals surface area contributed by atoms with Crippen molar-refractivity contribution in [1.82, 2.24) is 10.2 Å². The van der Waals surface area contributed by atoms with Crippen LogP contribution in [0.4, 0.5) is 0 Å². The van der Waals surface area contributed by atoms with Crippen molar-refractivity contribution < 1.29 is 0 Å². The molecule has 19 heavy (non-hydrogen) atoms. The highest BCUT2D eigenvalue weighted by atomic mass is 15.1. The summed E-state index contributed by atoms with van der Waals surface area (Å²) in [5, 5.41) is 3.17. The Balaban J connectivity index is 1.80. The minimum Gasteiger partial charge on any atom is -0.316 e. The van der Waals surface area contributed by atoms with Gasteiger partial charge in [-0.25, -0.2) is 0 Å². The summed E-state index contributed by atoms with van der Waals surface area (Å²) >= 11 is 0. The predicted molar refractivity (Wildman–Crippen MR) is 81.0 cm³/mol. The van der Waals surface area contributed by atoms with Crippen LogP contribution < -0.4 is 5.32 Å². The highest BCUT2D eigenvalue weighted by Gasteiger charge is 2.07. The Morgan fingerprint density at radius 2 is 2.05 bits per heavy atom. The summed E-state index contributed by atoms with van der Waals surface area (Å²) in [5.41, 5.74) is 2.43. The van der Waals surface area contributed by atoms with Crippen molar-refractivity contribution in [2.75, 3.05) is 26.7 Å². The monoisotopic (exact) mass is 256 g/mol. The molecule has 2 heteroatoms. The summed E-state index contributed by atoms with van der Waals surface area (Å²) in [5.74, 6) is 6.58. The molecule has 0 amide bonds. The Labute approximate surface area is 117 Å². The van der Waals surface area contributed by atoms with E-state index in [1.807, 2.05) is 7.05 Å². The lowest BCUT2D eigenvalue weighted by Crippen LogP contribution is -2.30. The average molecular weight is 256 g/mol. The van der Waals surface area contributed by atoms with Crippen LogP contribution in [-0.4, -0.2) is 31.6 Å². The van der Waals surface area contributed by atoms with Crippen molar-refractivity contribution in [3.8, 4) is 11.8 Å². The molecule has 0 unspecified atom stereocenters. The predicted octanol–water partition coefficient (Wildman–Crippen LogP) is 2.63. The van der Waals surface area contributed by atoms with Crippen LogP contribution in [0.1, 0.15) is 36.8 Å². The van der Waals surface area contributed by atoms with E-state index in [0.29, 0.717) is 0 Å². The Hall–Kier alpha value is -1.30. The summed E-state index contributed by atoms with van der Waals surface area (Å²) in [4.78, 5) is 2.54. The number of nitrogens with zero attached hydrogens (tertiary/aromatic N) is 1. The standard InChI is InChI=1S/C17H24N2/c1-18-15-17-10-7-9-16(14-17)8-3-6-13-19-11-4-2-5-12-19/h7,9-10,14,18H,2,4-6,11-13,15H2,1H3. The van der Waals surface area contributed by atoms with Gasteiger partial charge in [0, 0.05) is 25.1 Å². The van der Waals surface area contributed by atoms with E-state index in [-0.39, 0.29) is 0 Å². The number of hydrogen-bond donors (Lipinski definition) is 1. The summed E-state index contributed by atoms with van der Waals surface area (Å²) in [6.45, 7) is 4.56. The number of rotatable bonds is 4. The topological polar surface area (TPSA) is 15.3 Å². The lowest BCUT2D eigenvalue weighted by atomic mass is 10.1. The van der Waals surface area contributed by atoms with Gasteiger partial charge < -0.3 is 10.2 Å². The van der Waals surface area contributed by atoms with Gasteiger partial charge in [-0.1, -0.05) is 30.4 Å². The van der Waals surface area contributed by atoms with Gasteiger partial charge in [-0.2, -0.15) is 0 Å². The number of hydrogen-bond acceptors (Lipinski definition) is 2. The van der Waals surface area contributed by atoms with Gasteiger partial charge in [0.25, 0.3) is 0 Å². The molecular weight excluding hydrogens is 232 g/mol. The smallest absolute Gasteiger partial charge is 0.0248 e. The van der Waals surface area contributed by atoms with Crippen molar-refractivity contribution in [3.63, 3.8) is 0 Å². The minimum absolute atomic E-state index is 0.906. The lowest BCUT2D eigenvalue weighted by Gasteiger charge is -2.25. The molecule has 0 aliphatic carbocycles. The van der Waals surface area contributed by atoms with E-state index in [4.69, 9.17) is 0 Å². The molecule has 0 atom stereocenters. The van der Waals surface area contributed by atoms with E-state index in [1.165, 1.54) is 37.9 Å². The maximum atomic E-state index is 3.31. The van der Waals surface area contributed by atoms with Crippen molar-refractivity contribution in [2.45, 2.75) is 32.2 Å². The summed E-state index contributed by atoms with van der Waals surface area (Å²) in [7, 11) is 1.97. The molecule has 0 saturated carbocycles. The number of benzene rings is 1. The van der Waals surface area contributed by atoms with Crippen LogP contribution in [-0.2, 0) is 6.54 Å². The first-order valence-corrected chi connectivity index (χ1v) is 7.33. The van der Waals surface area contributed by atoms with E-state index in [1.54, 1.807) is 0 Å². The van der Waals surface area contributed by atoms with Gasteiger partial charge in [-0.3, -0.25) is 0 Å². The van der Waals surface area contributed by atoms with Crippen molar-refractivity contribution in [2.24, 2.45) is 0 Å². The highest BCUT2D eigenvalue weighted by molar-refractivity contribution is 5.37. The van der Waals surface area contributed by atoms with Gasteiger partial charge in [-0.15, -0.1) is 0 Å². The lowest BCUT2D eigenvalue weighted by molar-refractivity contribution is 0.234. The average Bonchev–Trinajstić information content (AvgIpc) is 2.46. The fourth-order valence-electron chi connectivity index (χ4n) is 2.52. The molecule has 0 radical (unpaired) electrons. The first kappa shape index (κ1) is 14.1. The van der Waals surface area contributed by atoms with Crippen LogP contribution in [0.3, 0.4) is 0 Å². The Morgan fingerprint density at radius 3 is 2.84 bits per heavy atom. The van der Waals surface area contributed by atoms with Crippen molar-refractivity contribution >= 4 is 0 Å². The third kappa shape index (κ3) is 5.06. The zero-order valence-electron chi connectivity index (χ0n) is 11.9. The molecule has 2 nitrogen and oxygen atoms in total. The molecule has 1 aromatic rings. The van der Waals surface area contributed by atoms with Crippen LogP contribution in [0.2, 0.25) is 0 Å². The first-order valence-electron chi connectivity index (χ1n) is 7.33. The van der Waals surface area contributed by atoms with E-state index < -0.39 is 0 Å². The van der Waals surface area contributed by atoms with Crippen LogP contribution in [0.5, 0.6) is 0 Å². The van der Waals surface area contributed by atoms with Gasteiger partial charge in [0.1, 0.15) is 0 Å². The van der Waals surface area contributed by atoms with Gasteiger partial charge in [0.2, 0.25) is 0 Å². The zero-order valence-corrected chi connectivity index (χ0v) is 11.9. The minimum atomic E-state index is 0.906. The van der Waals surface area contributed by atoms with Crippen LogP contribution in [0.25, 0.3) is 0 Å². The molecule has 102 valence electrons.